The summed E-state index contributed by atoms with van der Waals surface area (Å²) in [6, 6.07) is 3.04. The summed E-state index contributed by atoms with van der Waals surface area (Å²) in [5.74, 6) is -0.432. The van der Waals surface area contributed by atoms with Crippen LogP contribution in [-0.4, -0.2) is 34.7 Å². The van der Waals surface area contributed by atoms with Gasteiger partial charge in [-0.2, -0.15) is 0 Å². The number of carbonyl (C=O) groups is 1. The number of hydrogen-bond donors (Lipinski definition) is 2. The molecule has 0 bridgehead atoms. The van der Waals surface area contributed by atoms with Crippen LogP contribution in [0.2, 0.25) is 0 Å². The Morgan fingerprint density at radius 1 is 1.45 bits per heavy atom. The summed E-state index contributed by atoms with van der Waals surface area (Å²) < 4.78 is 5.83. The number of aryl methyl sites for hydroxylation is 2. The standard InChI is InChI=1S/C13H16N2O5/c1-8-4-11(9(2)3-10(8)15(18)19)20-13(5-12(16)17)6-14-7-13/h3-4,14H,5-7H2,1-2H3,(H,16,17). The zero-order valence-corrected chi connectivity index (χ0v) is 11.3. The first-order chi connectivity index (χ1) is 9.33. The molecule has 0 aromatic heterocycles. The highest BCUT2D eigenvalue weighted by Gasteiger charge is 2.42. The van der Waals surface area contributed by atoms with Gasteiger partial charge in [-0.15, -0.1) is 0 Å². The Kier molecular flexibility index (Phi) is 3.63. The largest absolute Gasteiger partial charge is 0.484 e. The molecular weight excluding hydrogens is 264 g/mol. The van der Waals surface area contributed by atoms with Crippen molar-refractivity contribution in [2.45, 2.75) is 25.9 Å². The molecule has 7 heteroatoms. The van der Waals surface area contributed by atoms with E-state index in [1.54, 1.807) is 19.9 Å². The maximum Gasteiger partial charge on any atom is 0.307 e. The van der Waals surface area contributed by atoms with Crippen LogP contribution in [0, 0.1) is 24.0 Å². The first-order valence-electron chi connectivity index (χ1n) is 6.20. The van der Waals surface area contributed by atoms with Crippen molar-refractivity contribution in [3.63, 3.8) is 0 Å². The van der Waals surface area contributed by atoms with Gasteiger partial charge in [-0.3, -0.25) is 14.9 Å². The van der Waals surface area contributed by atoms with Gasteiger partial charge in [0.1, 0.15) is 11.4 Å². The molecule has 1 aliphatic heterocycles. The number of ether oxygens (including phenoxy) is 1. The Morgan fingerprint density at radius 2 is 2.10 bits per heavy atom. The third kappa shape index (κ3) is 2.72. The molecule has 2 N–H and O–H groups in total. The van der Waals surface area contributed by atoms with E-state index >= 15 is 0 Å². The van der Waals surface area contributed by atoms with Crippen LogP contribution >= 0.6 is 0 Å². The molecule has 0 aliphatic carbocycles. The van der Waals surface area contributed by atoms with E-state index in [0.717, 1.165) is 0 Å². The minimum absolute atomic E-state index is 0.0360. The predicted octanol–water partition coefficient (Wildman–Crippen LogP) is 1.41. The number of benzene rings is 1. The fraction of sp³-hybridized carbons (Fsp3) is 0.462. The molecule has 1 aliphatic rings. The molecule has 2 rings (SSSR count). The van der Waals surface area contributed by atoms with Gasteiger partial charge in [0, 0.05) is 24.7 Å². The molecular formula is C13H16N2O5. The van der Waals surface area contributed by atoms with Gasteiger partial charge in [0.05, 0.1) is 11.3 Å². The first-order valence-corrected chi connectivity index (χ1v) is 6.20. The molecule has 7 nitrogen and oxygen atoms in total. The van der Waals surface area contributed by atoms with Crippen LogP contribution in [0.25, 0.3) is 0 Å². The Labute approximate surface area is 115 Å². The average molecular weight is 280 g/mol. The van der Waals surface area contributed by atoms with E-state index in [-0.39, 0.29) is 12.1 Å². The average Bonchev–Trinajstić information content (AvgIpc) is 2.29. The van der Waals surface area contributed by atoms with Crippen molar-refractivity contribution in [1.29, 1.82) is 0 Å². The number of hydrogen-bond acceptors (Lipinski definition) is 5. The van der Waals surface area contributed by atoms with Crippen molar-refractivity contribution in [1.82, 2.24) is 5.32 Å². The minimum Gasteiger partial charge on any atom is -0.484 e. The van der Waals surface area contributed by atoms with Gasteiger partial charge in [0.2, 0.25) is 0 Å². The number of carboxylic acids is 1. The zero-order chi connectivity index (χ0) is 14.9. The number of carboxylic acid groups (broad SMARTS) is 1. The van der Waals surface area contributed by atoms with Crippen molar-refractivity contribution < 1.29 is 19.6 Å². The second-order valence-corrected chi connectivity index (χ2v) is 5.12. The second-order valence-electron chi connectivity index (χ2n) is 5.12. The molecule has 1 saturated heterocycles. The molecule has 0 amide bonds. The zero-order valence-electron chi connectivity index (χ0n) is 11.3. The van der Waals surface area contributed by atoms with Crippen molar-refractivity contribution in [3.05, 3.63) is 33.4 Å². The topological polar surface area (TPSA) is 102 Å². The Bertz CT molecular complexity index is 566. The highest BCUT2D eigenvalue weighted by atomic mass is 16.6. The Hall–Kier alpha value is -2.15. The summed E-state index contributed by atoms with van der Waals surface area (Å²) in [6.07, 6.45) is -0.102. The highest BCUT2D eigenvalue weighted by Crippen LogP contribution is 2.32. The molecule has 0 saturated carbocycles. The SMILES string of the molecule is Cc1cc([N+](=O)[O-])c(C)cc1OC1(CC(=O)O)CNC1. The summed E-state index contributed by atoms with van der Waals surface area (Å²) in [6.45, 7) is 4.25. The normalized spacial score (nSPS) is 16.3. The number of nitro benzene ring substituents is 1. The van der Waals surface area contributed by atoms with Crippen molar-refractivity contribution in [3.8, 4) is 5.75 Å². The summed E-state index contributed by atoms with van der Waals surface area (Å²) in [4.78, 5) is 21.3. The van der Waals surface area contributed by atoms with Crippen LogP contribution in [0.4, 0.5) is 5.69 Å². The smallest absolute Gasteiger partial charge is 0.307 e. The van der Waals surface area contributed by atoms with Gasteiger partial charge < -0.3 is 15.2 Å². The van der Waals surface area contributed by atoms with Crippen molar-refractivity contribution in [2.24, 2.45) is 0 Å². The van der Waals surface area contributed by atoms with Gasteiger partial charge in [-0.05, 0) is 25.5 Å². The van der Waals surface area contributed by atoms with E-state index in [1.165, 1.54) is 6.07 Å². The van der Waals surface area contributed by atoms with Gasteiger partial charge in [-0.1, -0.05) is 0 Å². The molecule has 108 valence electrons. The second kappa shape index (κ2) is 5.09. The first kappa shape index (κ1) is 14.3. The number of nitrogens with zero attached hydrogens (tertiary/aromatic N) is 1. The molecule has 1 fully saturated rings. The van der Waals surface area contributed by atoms with Crippen molar-refractivity contribution >= 4 is 11.7 Å². The number of rotatable bonds is 5. The summed E-state index contributed by atoms with van der Waals surface area (Å²) in [7, 11) is 0. The fourth-order valence-electron chi connectivity index (χ4n) is 2.23. The lowest BCUT2D eigenvalue weighted by Gasteiger charge is -2.41. The molecule has 1 aromatic rings. The maximum absolute atomic E-state index is 10.9. The van der Waals surface area contributed by atoms with E-state index in [9.17, 15) is 14.9 Å². The number of aliphatic carboxylic acids is 1. The molecule has 0 unspecified atom stereocenters. The minimum atomic E-state index is -0.928. The Balaban J connectivity index is 2.27. The molecule has 0 radical (unpaired) electrons. The monoisotopic (exact) mass is 280 g/mol. The summed E-state index contributed by atoms with van der Waals surface area (Å²) in [5, 5.41) is 22.8. The molecule has 1 aromatic carbocycles. The lowest BCUT2D eigenvalue weighted by atomic mass is 9.92. The van der Waals surface area contributed by atoms with E-state index in [4.69, 9.17) is 9.84 Å². The lowest BCUT2D eigenvalue weighted by molar-refractivity contribution is -0.385. The molecule has 1 heterocycles. The van der Waals surface area contributed by atoms with Gasteiger partial charge in [0.15, 0.2) is 0 Å². The van der Waals surface area contributed by atoms with Crippen LogP contribution in [0.15, 0.2) is 12.1 Å². The van der Waals surface area contributed by atoms with Crippen LogP contribution in [-0.2, 0) is 4.79 Å². The highest BCUT2D eigenvalue weighted by molar-refractivity contribution is 5.68. The Morgan fingerprint density at radius 3 is 2.55 bits per heavy atom. The molecule has 20 heavy (non-hydrogen) atoms. The van der Waals surface area contributed by atoms with Crippen LogP contribution < -0.4 is 10.1 Å². The summed E-state index contributed by atoms with van der Waals surface area (Å²) in [5.41, 5.74) is 0.389. The number of nitro groups is 1. The van der Waals surface area contributed by atoms with E-state index in [0.29, 0.717) is 30.0 Å². The number of nitrogens with one attached hydrogen (secondary N) is 1. The third-order valence-electron chi connectivity index (χ3n) is 3.38. The van der Waals surface area contributed by atoms with Gasteiger partial charge in [-0.25, -0.2) is 0 Å². The quantitative estimate of drug-likeness (QED) is 0.624. The molecule has 0 atom stereocenters. The third-order valence-corrected chi connectivity index (χ3v) is 3.38. The van der Waals surface area contributed by atoms with Crippen LogP contribution in [0.3, 0.4) is 0 Å². The maximum atomic E-state index is 10.9. The van der Waals surface area contributed by atoms with Crippen LogP contribution in [0.5, 0.6) is 5.75 Å². The van der Waals surface area contributed by atoms with Gasteiger partial charge in [0.25, 0.3) is 5.69 Å². The predicted molar refractivity (Wildman–Crippen MR) is 71.1 cm³/mol. The lowest BCUT2D eigenvalue weighted by Crippen LogP contribution is -2.64. The van der Waals surface area contributed by atoms with E-state index < -0.39 is 16.5 Å². The summed E-state index contributed by atoms with van der Waals surface area (Å²) >= 11 is 0. The van der Waals surface area contributed by atoms with E-state index in [1.807, 2.05) is 0 Å². The molecule has 0 spiro atoms. The fourth-order valence-corrected chi connectivity index (χ4v) is 2.23. The van der Waals surface area contributed by atoms with Gasteiger partial charge >= 0.3 is 5.97 Å². The van der Waals surface area contributed by atoms with Crippen molar-refractivity contribution in [2.75, 3.05) is 13.1 Å². The van der Waals surface area contributed by atoms with Crippen LogP contribution in [0.1, 0.15) is 17.5 Å². The van der Waals surface area contributed by atoms with E-state index in [2.05, 4.69) is 5.32 Å².